The number of methoxy groups -OCH3 is 1. The molecule has 8 nitrogen and oxygen atoms in total. The summed E-state index contributed by atoms with van der Waals surface area (Å²) in [6.07, 6.45) is 1.88. The van der Waals surface area contributed by atoms with Gasteiger partial charge in [0.05, 0.1) is 48.8 Å². The second-order valence-corrected chi connectivity index (χ2v) is 9.78. The van der Waals surface area contributed by atoms with Gasteiger partial charge < -0.3 is 19.1 Å². The van der Waals surface area contributed by atoms with Gasteiger partial charge in [0, 0.05) is 18.8 Å². The van der Waals surface area contributed by atoms with Crippen molar-refractivity contribution in [3.8, 4) is 5.75 Å². The lowest BCUT2D eigenvalue weighted by Crippen LogP contribution is -2.39. The highest BCUT2D eigenvalue weighted by Crippen LogP contribution is 2.31. The van der Waals surface area contributed by atoms with Crippen molar-refractivity contribution < 1.29 is 19.0 Å². The standard InChI is InChI=1S/C28H29N3O5S/c1-4-36-27(33)24-18(2)29-28-31(25(24)20-7-11-22(34-3)12-8-20)26(32)23(37-28)17-19-5-9-21(10-6-19)30-13-15-35-16-14-30/h5-12,17,25H,4,13-16H2,1-3H3/b23-17+. The summed E-state index contributed by atoms with van der Waals surface area (Å²) < 4.78 is 18.2. The number of carbonyl (C=O) groups excluding carboxylic acids is 1. The Kier molecular flexibility index (Phi) is 7.25. The number of anilines is 1. The van der Waals surface area contributed by atoms with Gasteiger partial charge in [-0.15, -0.1) is 0 Å². The average molecular weight is 520 g/mol. The van der Waals surface area contributed by atoms with E-state index in [1.54, 1.807) is 25.5 Å². The lowest BCUT2D eigenvalue weighted by Gasteiger charge is -2.28. The van der Waals surface area contributed by atoms with Gasteiger partial charge >= 0.3 is 5.97 Å². The smallest absolute Gasteiger partial charge is 0.338 e. The maximum absolute atomic E-state index is 13.7. The molecule has 1 atom stereocenters. The molecule has 1 saturated heterocycles. The molecule has 3 aromatic rings. The van der Waals surface area contributed by atoms with Crippen LogP contribution < -0.4 is 24.5 Å². The van der Waals surface area contributed by atoms with Gasteiger partial charge in [-0.05, 0) is 55.3 Å². The van der Waals surface area contributed by atoms with Crippen molar-refractivity contribution in [3.05, 3.63) is 90.6 Å². The molecular formula is C28H29N3O5S. The number of ether oxygens (including phenoxy) is 3. The number of esters is 1. The predicted octanol–water partition coefficient (Wildman–Crippen LogP) is 2.64. The Morgan fingerprint density at radius 2 is 1.84 bits per heavy atom. The number of rotatable bonds is 6. The zero-order valence-corrected chi connectivity index (χ0v) is 21.9. The Balaban J connectivity index is 1.58. The van der Waals surface area contributed by atoms with Crippen LogP contribution in [0.15, 0.2) is 69.6 Å². The molecule has 2 aliphatic rings. The summed E-state index contributed by atoms with van der Waals surface area (Å²) >= 11 is 1.32. The molecule has 0 N–H and O–H groups in total. The molecule has 5 rings (SSSR count). The van der Waals surface area contributed by atoms with E-state index >= 15 is 0 Å². The van der Waals surface area contributed by atoms with E-state index in [1.165, 1.54) is 11.3 Å². The molecule has 0 aliphatic carbocycles. The number of aromatic nitrogens is 1. The van der Waals surface area contributed by atoms with Crippen molar-refractivity contribution in [1.82, 2.24) is 4.57 Å². The number of carbonyl (C=O) groups is 1. The highest BCUT2D eigenvalue weighted by Gasteiger charge is 2.33. The van der Waals surface area contributed by atoms with Gasteiger partial charge in [0.25, 0.3) is 5.56 Å². The zero-order valence-electron chi connectivity index (χ0n) is 21.1. The van der Waals surface area contributed by atoms with Crippen LogP contribution in [0.2, 0.25) is 0 Å². The van der Waals surface area contributed by atoms with Crippen LogP contribution in [0.3, 0.4) is 0 Å². The summed E-state index contributed by atoms with van der Waals surface area (Å²) in [5, 5.41) is 0. The van der Waals surface area contributed by atoms with Crippen molar-refractivity contribution in [2.24, 2.45) is 4.99 Å². The monoisotopic (exact) mass is 519 g/mol. The lowest BCUT2D eigenvalue weighted by molar-refractivity contribution is -0.139. The summed E-state index contributed by atoms with van der Waals surface area (Å²) in [7, 11) is 1.60. The first-order valence-corrected chi connectivity index (χ1v) is 13.1. The van der Waals surface area contributed by atoms with Crippen LogP contribution in [-0.2, 0) is 14.3 Å². The number of benzene rings is 2. The minimum atomic E-state index is -0.646. The summed E-state index contributed by atoms with van der Waals surface area (Å²) in [6, 6.07) is 14.9. The quantitative estimate of drug-likeness (QED) is 0.466. The number of hydrogen-bond acceptors (Lipinski definition) is 8. The lowest BCUT2D eigenvalue weighted by atomic mass is 9.96. The van der Waals surface area contributed by atoms with Crippen molar-refractivity contribution in [1.29, 1.82) is 0 Å². The van der Waals surface area contributed by atoms with E-state index in [4.69, 9.17) is 14.2 Å². The van der Waals surface area contributed by atoms with Gasteiger partial charge in [-0.25, -0.2) is 9.79 Å². The van der Waals surface area contributed by atoms with Gasteiger partial charge in [0.2, 0.25) is 0 Å². The van der Waals surface area contributed by atoms with E-state index in [0.29, 0.717) is 26.4 Å². The fourth-order valence-corrected chi connectivity index (χ4v) is 5.69. The number of thiazole rings is 1. The molecule has 37 heavy (non-hydrogen) atoms. The average Bonchev–Trinajstić information content (AvgIpc) is 3.23. The topological polar surface area (TPSA) is 82.4 Å². The Morgan fingerprint density at radius 1 is 1.14 bits per heavy atom. The van der Waals surface area contributed by atoms with Crippen LogP contribution in [0.5, 0.6) is 5.75 Å². The number of hydrogen-bond donors (Lipinski definition) is 0. The van der Waals surface area contributed by atoms with Crippen LogP contribution >= 0.6 is 11.3 Å². The molecule has 3 heterocycles. The van der Waals surface area contributed by atoms with Crippen molar-refractivity contribution in [2.45, 2.75) is 19.9 Å². The first-order valence-electron chi connectivity index (χ1n) is 12.3. The van der Waals surface area contributed by atoms with Gasteiger partial charge in [0.1, 0.15) is 5.75 Å². The summed E-state index contributed by atoms with van der Waals surface area (Å²) in [6.45, 7) is 6.96. The van der Waals surface area contributed by atoms with Gasteiger partial charge in [-0.1, -0.05) is 35.6 Å². The maximum Gasteiger partial charge on any atom is 0.338 e. The summed E-state index contributed by atoms with van der Waals surface area (Å²) in [5.74, 6) is 0.215. The molecular weight excluding hydrogens is 490 g/mol. The highest BCUT2D eigenvalue weighted by molar-refractivity contribution is 7.07. The normalized spacial score (nSPS) is 17.9. The largest absolute Gasteiger partial charge is 0.497 e. The first kappa shape index (κ1) is 25.0. The van der Waals surface area contributed by atoms with E-state index in [1.807, 2.05) is 42.5 Å². The third kappa shape index (κ3) is 4.97. The number of fused-ring (bicyclic) bond motifs is 1. The Morgan fingerprint density at radius 3 is 2.49 bits per heavy atom. The molecule has 0 bridgehead atoms. The Labute approximate surface area is 218 Å². The van der Waals surface area contributed by atoms with Crippen LogP contribution in [0, 0.1) is 0 Å². The minimum Gasteiger partial charge on any atom is -0.497 e. The first-order chi connectivity index (χ1) is 18.0. The minimum absolute atomic E-state index is 0.198. The summed E-state index contributed by atoms with van der Waals surface area (Å²) in [4.78, 5) is 34.2. The van der Waals surface area contributed by atoms with Crippen LogP contribution in [0.25, 0.3) is 6.08 Å². The molecule has 1 unspecified atom stereocenters. The molecule has 0 radical (unpaired) electrons. The second-order valence-electron chi connectivity index (χ2n) is 8.77. The van der Waals surface area contributed by atoms with Crippen molar-refractivity contribution in [2.75, 3.05) is 44.9 Å². The van der Waals surface area contributed by atoms with E-state index in [2.05, 4.69) is 22.0 Å². The van der Waals surface area contributed by atoms with Gasteiger partial charge in [-0.3, -0.25) is 9.36 Å². The Hall–Kier alpha value is -3.69. The van der Waals surface area contributed by atoms with Crippen LogP contribution in [0.4, 0.5) is 5.69 Å². The van der Waals surface area contributed by atoms with E-state index < -0.39 is 12.0 Å². The molecule has 192 valence electrons. The van der Waals surface area contributed by atoms with E-state index in [-0.39, 0.29) is 12.2 Å². The third-order valence-corrected chi connectivity index (χ3v) is 7.50. The van der Waals surface area contributed by atoms with Crippen LogP contribution in [0.1, 0.15) is 31.0 Å². The number of morpholine rings is 1. The second kappa shape index (κ2) is 10.7. The predicted molar refractivity (Wildman–Crippen MR) is 143 cm³/mol. The highest BCUT2D eigenvalue weighted by atomic mass is 32.1. The van der Waals surface area contributed by atoms with Gasteiger partial charge in [0.15, 0.2) is 4.80 Å². The molecule has 2 aliphatic heterocycles. The van der Waals surface area contributed by atoms with Crippen molar-refractivity contribution >= 4 is 29.1 Å². The third-order valence-electron chi connectivity index (χ3n) is 6.52. The van der Waals surface area contributed by atoms with E-state index in [0.717, 1.165) is 43.1 Å². The fourth-order valence-electron chi connectivity index (χ4n) is 4.65. The fraction of sp³-hybridized carbons (Fsp3) is 0.321. The Bertz CT molecular complexity index is 1500. The molecule has 1 fully saturated rings. The zero-order chi connectivity index (χ0) is 25.9. The SMILES string of the molecule is CCOC(=O)C1=C(C)N=c2s/c(=C/c3ccc(N4CCOCC4)cc3)c(=O)n2C1c1ccc(OC)cc1. The van der Waals surface area contributed by atoms with Crippen LogP contribution in [-0.4, -0.2) is 50.6 Å². The number of allylic oxidation sites excluding steroid dienone is 1. The van der Waals surface area contributed by atoms with Gasteiger partial charge in [-0.2, -0.15) is 0 Å². The molecule has 0 saturated carbocycles. The molecule has 9 heteroatoms. The molecule has 0 spiro atoms. The number of nitrogens with zero attached hydrogens (tertiary/aromatic N) is 3. The molecule has 0 amide bonds. The molecule has 2 aromatic carbocycles. The van der Waals surface area contributed by atoms with Crippen molar-refractivity contribution in [3.63, 3.8) is 0 Å². The maximum atomic E-state index is 13.7. The van der Waals surface area contributed by atoms with E-state index in [9.17, 15) is 9.59 Å². The molecule has 1 aromatic heterocycles. The summed E-state index contributed by atoms with van der Waals surface area (Å²) in [5.41, 5.74) is 3.54.